The van der Waals surface area contributed by atoms with Crippen LogP contribution in [0.15, 0.2) is 0 Å². The van der Waals surface area contributed by atoms with E-state index in [-0.39, 0.29) is 33.0 Å². The van der Waals surface area contributed by atoms with Gasteiger partial charge in [-0.15, -0.1) is 0 Å². The van der Waals surface area contributed by atoms with Crippen LogP contribution < -0.4 is 5.32 Å². The standard InChI is InChI=1S/C26H22F29NO10/c27-13(18(33,34)35,12(57)56-9-11-10-61-6-5-59-2-1-58-3-4-60-7-8-62-11)63-24(50,51)15(30,20(39,40)41)65-26(54,55)17(32,22(45,46)47)66-25(52,53)16(31,21(42,43)44)64-23(48,49)14(28,29)19(36,37)38/h11H,1-10H2,(H,56,57). The van der Waals surface area contributed by atoms with Gasteiger partial charge >= 0.3 is 84.7 Å². The summed E-state index contributed by atoms with van der Waals surface area (Å²) in [5.41, 5.74) is 0. The summed E-state index contributed by atoms with van der Waals surface area (Å²) in [6.07, 6.45) is -79.8. The van der Waals surface area contributed by atoms with Gasteiger partial charge in [-0.25, -0.2) is 0 Å². The molecule has 0 aromatic rings. The molecule has 1 aliphatic rings. The number of hydrogen-bond donors (Lipinski definition) is 1. The smallest absolute Gasteiger partial charge is 0.377 e. The summed E-state index contributed by atoms with van der Waals surface area (Å²) < 4.78 is 427. The highest BCUT2D eigenvalue weighted by molar-refractivity contribution is 5.84. The first kappa shape index (κ1) is 61.1. The van der Waals surface area contributed by atoms with Gasteiger partial charge in [-0.05, 0) is 0 Å². The zero-order valence-corrected chi connectivity index (χ0v) is 30.7. The number of amides is 1. The van der Waals surface area contributed by atoms with Crippen LogP contribution in [0.3, 0.4) is 0 Å². The quantitative estimate of drug-likeness (QED) is 0.162. The van der Waals surface area contributed by atoms with E-state index in [1.54, 1.807) is 0 Å². The second-order valence-electron chi connectivity index (χ2n) is 12.0. The maximum Gasteiger partial charge on any atom is 0.462 e. The second kappa shape index (κ2) is 20.2. The van der Waals surface area contributed by atoms with E-state index in [9.17, 15) is 128 Å². The maximum atomic E-state index is 15.1. The van der Waals surface area contributed by atoms with Crippen LogP contribution in [0.5, 0.6) is 0 Å². The van der Waals surface area contributed by atoms with E-state index in [1.807, 2.05) is 4.74 Å². The predicted molar refractivity (Wildman–Crippen MR) is 141 cm³/mol. The summed E-state index contributed by atoms with van der Waals surface area (Å²) in [6.45, 7) is -4.90. The molecule has 0 spiro atoms. The fourth-order valence-corrected chi connectivity index (χ4v) is 3.85. The number of ether oxygens (including phenoxy) is 9. The van der Waals surface area contributed by atoms with E-state index >= 15 is 4.39 Å². The van der Waals surface area contributed by atoms with Crippen molar-refractivity contribution in [2.24, 2.45) is 0 Å². The van der Waals surface area contributed by atoms with Crippen molar-refractivity contribution >= 4 is 5.91 Å². The predicted octanol–water partition coefficient (Wildman–Crippen LogP) is 8.12. The summed E-state index contributed by atoms with van der Waals surface area (Å²) in [4.78, 5) is 12.2. The molecule has 0 saturated carbocycles. The second-order valence-corrected chi connectivity index (χ2v) is 12.0. The fourth-order valence-electron chi connectivity index (χ4n) is 3.85. The molecule has 66 heavy (non-hydrogen) atoms. The third-order valence-corrected chi connectivity index (χ3v) is 7.16. The lowest BCUT2D eigenvalue weighted by Gasteiger charge is -2.44. The highest BCUT2D eigenvalue weighted by Crippen LogP contribution is 2.61. The Hall–Kier alpha value is -2.92. The molecule has 0 radical (unpaired) electrons. The molecule has 1 heterocycles. The van der Waals surface area contributed by atoms with Gasteiger partial charge in [0.2, 0.25) is 0 Å². The molecule has 1 amide bonds. The van der Waals surface area contributed by atoms with Gasteiger partial charge in [-0.1, -0.05) is 0 Å². The van der Waals surface area contributed by atoms with Crippen LogP contribution in [0.2, 0.25) is 0 Å². The number of carbonyl (C=O) groups is 1. The largest absolute Gasteiger partial charge is 0.462 e. The number of nitrogens with one attached hydrogen (secondary N) is 1. The molecule has 5 unspecified atom stereocenters. The summed E-state index contributed by atoms with van der Waals surface area (Å²) >= 11 is 0. The SMILES string of the molecule is O=C(NCC1COCCOCCOCCOCCO1)C(F)(OC(F)(F)C(F)(OC(F)(F)C(F)(OC(F)(F)C(F)(OC(F)(F)C(F)(F)C(F)(F)F)C(F)(F)F)C(F)(F)F)C(F)(F)F)C(F)(F)F. The molecule has 40 heteroatoms. The summed E-state index contributed by atoms with van der Waals surface area (Å²) in [5, 5.41) is 0.639. The molecule has 0 aromatic carbocycles. The summed E-state index contributed by atoms with van der Waals surface area (Å²) in [6, 6.07) is 0. The van der Waals surface area contributed by atoms with Crippen molar-refractivity contribution in [2.45, 2.75) is 90.8 Å². The summed E-state index contributed by atoms with van der Waals surface area (Å²) in [5.74, 6) is -47.1. The first-order valence-electron chi connectivity index (χ1n) is 16.1. The Balaban J connectivity index is 3.81. The van der Waals surface area contributed by atoms with E-state index in [0.29, 0.717) is 5.32 Å². The molecule has 1 aliphatic heterocycles. The van der Waals surface area contributed by atoms with Gasteiger partial charge in [0, 0.05) is 6.54 Å². The van der Waals surface area contributed by atoms with Crippen molar-refractivity contribution in [3.8, 4) is 0 Å². The third-order valence-electron chi connectivity index (χ3n) is 7.16. The molecule has 394 valence electrons. The van der Waals surface area contributed by atoms with Crippen LogP contribution in [0, 0.1) is 0 Å². The minimum atomic E-state index is -9.29. The summed E-state index contributed by atoms with van der Waals surface area (Å²) in [7, 11) is 0. The molecule has 1 rings (SSSR count). The molecule has 1 fully saturated rings. The Morgan fingerprint density at radius 3 is 1.02 bits per heavy atom. The van der Waals surface area contributed by atoms with Crippen LogP contribution in [0.1, 0.15) is 0 Å². The highest BCUT2D eigenvalue weighted by Gasteiger charge is 2.90. The Morgan fingerprint density at radius 1 is 0.394 bits per heavy atom. The molecule has 5 atom stereocenters. The maximum absolute atomic E-state index is 15.1. The van der Waals surface area contributed by atoms with Gasteiger partial charge in [0.25, 0.3) is 5.91 Å². The van der Waals surface area contributed by atoms with Gasteiger partial charge < -0.3 is 29.0 Å². The van der Waals surface area contributed by atoms with Crippen molar-refractivity contribution in [2.75, 3.05) is 66.0 Å². The fraction of sp³-hybridized carbons (Fsp3) is 0.962. The van der Waals surface area contributed by atoms with Gasteiger partial charge in [0.05, 0.1) is 65.6 Å². The first-order valence-corrected chi connectivity index (χ1v) is 16.1. The average molecular weight is 1060 g/mol. The van der Waals surface area contributed by atoms with E-state index in [2.05, 4.69) is 0 Å². The zero-order chi connectivity index (χ0) is 52.3. The number of rotatable bonds is 15. The highest BCUT2D eigenvalue weighted by atomic mass is 19.4. The molecule has 0 aromatic heterocycles. The van der Waals surface area contributed by atoms with Crippen LogP contribution in [0.4, 0.5) is 127 Å². The number of halogens is 29. The Morgan fingerprint density at radius 2 is 0.697 bits per heavy atom. The lowest BCUT2D eigenvalue weighted by Crippen LogP contribution is -2.72. The molecule has 1 N–H and O–H groups in total. The molecule has 11 nitrogen and oxygen atoms in total. The van der Waals surface area contributed by atoms with Crippen LogP contribution in [-0.2, 0) is 47.4 Å². The Labute approximate surface area is 343 Å². The molecule has 1 saturated heterocycles. The van der Waals surface area contributed by atoms with Crippen LogP contribution in [-0.4, -0.2) is 163 Å². The number of carbonyl (C=O) groups excluding carboxylic acids is 1. The molecule has 0 aliphatic carbocycles. The van der Waals surface area contributed by atoms with E-state index < -0.39 is 130 Å². The molecular formula is C26H22F29NO10. The lowest BCUT2D eigenvalue weighted by molar-refractivity contribution is -0.592. The molecular weight excluding hydrogens is 1040 g/mol. The van der Waals surface area contributed by atoms with E-state index in [1.165, 1.54) is 0 Å². The minimum Gasteiger partial charge on any atom is -0.377 e. The normalized spacial score (nSPS) is 22.5. The van der Waals surface area contributed by atoms with Gasteiger partial charge in [-0.3, -0.25) is 23.7 Å². The Bertz CT molecular complexity index is 1560. The number of hydrogen-bond acceptors (Lipinski definition) is 10. The number of alkyl halides is 29. The topological polar surface area (TPSA) is 112 Å². The first-order chi connectivity index (χ1) is 29.1. The van der Waals surface area contributed by atoms with Gasteiger partial charge in [0.15, 0.2) is 0 Å². The van der Waals surface area contributed by atoms with E-state index in [0.717, 1.165) is 14.2 Å². The van der Waals surface area contributed by atoms with Crippen molar-refractivity contribution in [3.05, 3.63) is 0 Å². The molecule has 0 bridgehead atoms. The van der Waals surface area contributed by atoms with E-state index in [4.69, 9.17) is 23.7 Å². The average Bonchev–Trinajstić information content (AvgIpc) is 3.10. The van der Waals surface area contributed by atoms with Crippen molar-refractivity contribution in [1.82, 2.24) is 5.32 Å². The third kappa shape index (κ3) is 13.0. The van der Waals surface area contributed by atoms with Crippen LogP contribution in [0.25, 0.3) is 0 Å². The monoisotopic (exact) mass is 1060 g/mol. The van der Waals surface area contributed by atoms with Crippen molar-refractivity contribution in [3.63, 3.8) is 0 Å². The van der Waals surface area contributed by atoms with Crippen LogP contribution >= 0.6 is 0 Å². The van der Waals surface area contributed by atoms with Crippen molar-refractivity contribution < 1.29 is 175 Å². The van der Waals surface area contributed by atoms with Gasteiger partial charge in [-0.2, -0.15) is 127 Å². The lowest BCUT2D eigenvalue weighted by atomic mass is 10.2. The Kier molecular flexibility index (Phi) is 18.7. The van der Waals surface area contributed by atoms with Crippen molar-refractivity contribution in [1.29, 1.82) is 0 Å². The minimum absolute atomic E-state index is 0.000850. The van der Waals surface area contributed by atoms with Gasteiger partial charge in [0.1, 0.15) is 0 Å². The zero-order valence-electron chi connectivity index (χ0n) is 30.7.